The second-order valence-corrected chi connectivity index (χ2v) is 6.63. The smallest absolute Gasteiger partial charge is 0.267 e. The molecular formula is C18H12BrN7O2. The summed E-state index contributed by atoms with van der Waals surface area (Å²) in [5.74, 6) is -1.08. The largest absolute Gasteiger partial charge is 0.291 e. The lowest BCUT2D eigenvalue weighted by atomic mass is 10.0. The van der Waals surface area contributed by atoms with Gasteiger partial charge in [0.25, 0.3) is 11.8 Å². The van der Waals surface area contributed by atoms with Gasteiger partial charge in [0.2, 0.25) is 0 Å². The summed E-state index contributed by atoms with van der Waals surface area (Å²) in [5.41, 5.74) is 7.22. The maximum Gasteiger partial charge on any atom is 0.291 e. The van der Waals surface area contributed by atoms with E-state index in [-0.39, 0.29) is 5.69 Å². The summed E-state index contributed by atoms with van der Waals surface area (Å²) in [4.78, 5) is 33.4. The van der Waals surface area contributed by atoms with E-state index in [1.54, 1.807) is 36.7 Å². The monoisotopic (exact) mass is 437 g/mol. The molecule has 0 aliphatic heterocycles. The minimum atomic E-state index is -0.587. The van der Waals surface area contributed by atoms with Gasteiger partial charge in [-0.2, -0.15) is 15.4 Å². The topological polar surface area (TPSA) is 126 Å². The first-order chi connectivity index (χ1) is 13.6. The van der Waals surface area contributed by atoms with Crippen molar-refractivity contribution in [3.05, 3.63) is 70.7 Å². The van der Waals surface area contributed by atoms with Crippen LogP contribution >= 0.6 is 15.9 Å². The van der Waals surface area contributed by atoms with Gasteiger partial charge in [0.15, 0.2) is 5.69 Å². The Labute approximate surface area is 166 Å². The van der Waals surface area contributed by atoms with Crippen molar-refractivity contribution in [2.75, 3.05) is 0 Å². The first-order valence-electron chi connectivity index (χ1n) is 8.09. The van der Waals surface area contributed by atoms with Gasteiger partial charge in [-0.05, 0) is 36.4 Å². The Hall–Kier alpha value is -3.66. The first kappa shape index (κ1) is 17.7. The average Bonchev–Trinajstić information content (AvgIpc) is 3.26. The fraction of sp³-hybridized carbons (Fsp3) is 0. The van der Waals surface area contributed by atoms with Gasteiger partial charge in [-0.15, -0.1) is 0 Å². The van der Waals surface area contributed by atoms with E-state index in [4.69, 9.17) is 0 Å². The Morgan fingerprint density at radius 2 is 1.79 bits per heavy atom. The molecule has 0 radical (unpaired) electrons. The number of rotatable bonds is 3. The van der Waals surface area contributed by atoms with E-state index in [2.05, 4.69) is 52.2 Å². The SMILES string of the molecule is O=C(NNC(=O)c1cc(-c2ccncc2)nc2ccc(Br)cc12)c1cn[nH]n1. The predicted molar refractivity (Wildman–Crippen MR) is 104 cm³/mol. The number of H-pyrrole nitrogens is 1. The van der Waals surface area contributed by atoms with Crippen molar-refractivity contribution in [1.29, 1.82) is 0 Å². The highest BCUT2D eigenvalue weighted by atomic mass is 79.9. The summed E-state index contributed by atoms with van der Waals surface area (Å²) in [7, 11) is 0. The van der Waals surface area contributed by atoms with Crippen LogP contribution in [0.3, 0.4) is 0 Å². The van der Waals surface area contributed by atoms with Crippen molar-refractivity contribution < 1.29 is 9.59 Å². The zero-order valence-electron chi connectivity index (χ0n) is 14.2. The third-order valence-electron chi connectivity index (χ3n) is 3.93. The number of benzene rings is 1. The van der Waals surface area contributed by atoms with Crippen LogP contribution in [0.2, 0.25) is 0 Å². The number of halogens is 1. The molecule has 28 heavy (non-hydrogen) atoms. The van der Waals surface area contributed by atoms with Crippen LogP contribution in [0, 0.1) is 0 Å². The van der Waals surface area contributed by atoms with E-state index in [0.717, 1.165) is 10.0 Å². The van der Waals surface area contributed by atoms with Crippen molar-refractivity contribution in [2.24, 2.45) is 0 Å². The molecule has 3 heterocycles. The maximum atomic E-state index is 12.8. The molecule has 0 atom stereocenters. The third kappa shape index (κ3) is 3.58. The molecule has 0 bridgehead atoms. The lowest BCUT2D eigenvalue weighted by Crippen LogP contribution is -2.41. The number of hydrogen-bond donors (Lipinski definition) is 3. The van der Waals surface area contributed by atoms with Crippen molar-refractivity contribution in [3.63, 3.8) is 0 Å². The van der Waals surface area contributed by atoms with Crippen LogP contribution in [0.4, 0.5) is 0 Å². The molecule has 1 aromatic carbocycles. The van der Waals surface area contributed by atoms with Crippen molar-refractivity contribution >= 4 is 38.6 Å². The van der Waals surface area contributed by atoms with E-state index in [1.165, 1.54) is 6.20 Å². The Kier molecular flexibility index (Phi) is 4.77. The van der Waals surface area contributed by atoms with E-state index >= 15 is 0 Å². The molecule has 0 fully saturated rings. The Bertz CT molecular complexity index is 1160. The fourth-order valence-corrected chi connectivity index (χ4v) is 2.97. The molecule has 9 nitrogen and oxygen atoms in total. The van der Waals surface area contributed by atoms with Crippen molar-refractivity contribution in [2.45, 2.75) is 0 Å². The number of carbonyl (C=O) groups is 2. The Balaban J connectivity index is 1.70. The summed E-state index contributed by atoms with van der Waals surface area (Å²) in [6.45, 7) is 0. The molecule has 0 spiro atoms. The van der Waals surface area contributed by atoms with Crippen LogP contribution < -0.4 is 10.9 Å². The fourth-order valence-electron chi connectivity index (χ4n) is 2.61. The lowest BCUT2D eigenvalue weighted by molar-refractivity contribution is 0.0845. The zero-order valence-corrected chi connectivity index (χ0v) is 15.8. The number of aromatic nitrogens is 5. The van der Waals surface area contributed by atoms with Crippen LogP contribution in [0.25, 0.3) is 22.2 Å². The molecule has 0 saturated heterocycles. The first-order valence-corrected chi connectivity index (χ1v) is 8.88. The van der Waals surface area contributed by atoms with Crippen molar-refractivity contribution in [1.82, 2.24) is 36.2 Å². The second kappa shape index (κ2) is 7.53. The number of fused-ring (bicyclic) bond motifs is 1. The summed E-state index contributed by atoms with van der Waals surface area (Å²) in [5, 5.41) is 10.2. The highest BCUT2D eigenvalue weighted by molar-refractivity contribution is 9.10. The quantitative estimate of drug-likeness (QED) is 0.422. The van der Waals surface area contributed by atoms with E-state index in [9.17, 15) is 9.59 Å². The predicted octanol–water partition coefficient (Wildman–Crippen LogP) is 2.25. The molecule has 0 saturated carbocycles. The minimum Gasteiger partial charge on any atom is -0.267 e. The van der Waals surface area contributed by atoms with E-state index < -0.39 is 11.8 Å². The molecule has 10 heteroatoms. The average molecular weight is 438 g/mol. The van der Waals surface area contributed by atoms with Crippen LogP contribution in [0.5, 0.6) is 0 Å². The number of hydrazine groups is 1. The van der Waals surface area contributed by atoms with Crippen molar-refractivity contribution in [3.8, 4) is 11.3 Å². The molecule has 0 unspecified atom stereocenters. The number of carbonyl (C=O) groups excluding carboxylic acids is 2. The second-order valence-electron chi connectivity index (χ2n) is 5.72. The molecule has 0 aliphatic carbocycles. The molecule has 138 valence electrons. The van der Waals surface area contributed by atoms with Crippen LogP contribution in [0.15, 0.2) is 59.5 Å². The molecule has 0 aliphatic rings. The normalized spacial score (nSPS) is 10.6. The van der Waals surface area contributed by atoms with Gasteiger partial charge in [-0.25, -0.2) is 4.98 Å². The third-order valence-corrected chi connectivity index (χ3v) is 4.42. The summed E-state index contributed by atoms with van der Waals surface area (Å²) < 4.78 is 0.805. The van der Waals surface area contributed by atoms with Gasteiger partial charge >= 0.3 is 0 Å². The summed E-state index contributed by atoms with van der Waals surface area (Å²) in [6, 6.07) is 10.7. The highest BCUT2D eigenvalue weighted by Gasteiger charge is 2.16. The van der Waals surface area contributed by atoms with Gasteiger partial charge < -0.3 is 0 Å². The van der Waals surface area contributed by atoms with E-state index in [1.807, 2.05) is 12.1 Å². The Morgan fingerprint density at radius 1 is 1.00 bits per heavy atom. The molecule has 4 aromatic rings. The molecule has 3 N–H and O–H groups in total. The number of nitrogens with one attached hydrogen (secondary N) is 3. The van der Waals surface area contributed by atoms with Crippen LogP contribution in [-0.4, -0.2) is 37.2 Å². The molecule has 2 amide bonds. The van der Waals surface area contributed by atoms with Gasteiger partial charge in [0.1, 0.15) is 0 Å². The standard InChI is InChI=1S/C18H12BrN7O2/c19-11-1-2-14-12(7-11)13(8-15(22-14)10-3-5-20-6-4-10)17(27)24-25-18(28)16-9-21-26-23-16/h1-9H,(H,24,27)(H,25,28)(H,21,23,26). The zero-order chi connectivity index (χ0) is 19.5. The van der Waals surface area contributed by atoms with Crippen LogP contribution in [-0.2, 0) is 0 Å². The molecular weight excluding hydrogens is 426 g/mol. The maximum absolute atomic E-state index is 12.8. The minimum absolute atomic E-state index is 0.0557. The molecule has 4 rings (SSSR count). The van der Waals surface area contributed by atoms with Gasteiger partial charge in [-0.1, -0.05) is 15.9 Å². The number of aromatic amines is 1. The van der Waals surface area contributed by atoms with Gasteiger partial charge in [-0.3, -0.25) is 25.4 Å². The van der Waals surface area contributed by atoms with Crippen LogP contribution in [0.1, 0.15) is 20.8 Å². The lowest BCUT2D eigenvalue weighted by Gasteiger charge is -2.11. The number of nitrogens with zero attached hydrogens (tertiary/aromatic N) is 4. The Morgan fingerprint density at radius 3 is 2.54 bits per heavy atom. The highest BCUT2D eigenvalue weighted by Crippen LogP contribution is 2.27. The summed E-state index contributed by atoms with van der Waals surface area (Å²) >= 11 is 3.41. The van der Waals surface area contributed by atoms with Gasteiger partial charge in [0, 0.05) is 27.8 Å². The van der Waals surface area contributed by atoms with Gasteiger partial charge in [0.05, 0.1) is 23.0 Å². The summed E-state index contributed by atoms with van der Waals surface area (Å²) in [6.07, 6.45) is 4.56. The number of pyridine rings is 2. The number of amides is 2. The van der Waals surface area contributed by atoms with E-state index in [0.29, 0.717) is 22.2 Å². The number of hydrogen-bond acceptors (Lipinski definition) is 6. The molecule has 3 aromatic heterocycles.